The van der Waals surface area contributed by atoms with E-state index in [4.69, 9.17) is 0 Å². The van der Waals surface area contributed by atoms with E-state index in [0.717, 1.165) is 42.1 Å². The van der Waals surface area contributed by atoms with E-state index in [-0.39, 0.29) is 23.6 Å². The Bertz CT molecular complexity index is 1570. The lowest BCUT2D eigenvalue weighted by atomic mass is 9.88. The van der Waals surface area contributed by atoms with E-state index in [2.05, 4.69) is 34.3 Å². The summed E-state index contributed by atoms with van der Waals surface area (Å²) < 4.78 is 2.00. The van der Waals surface area contributed by atoms with Gasteiger partial charge in [0.2, 0.25) is 5.91 Å². The van der Waals surface area contributed by atoms with Crippen LogP contribution in [0.25, 0.3) is 4.96 Å². The number of aryl methyl sites for hydroxylation is 1. The number of nitrogens with zero attached hydrogens (tertiary/aromatic N) is 4. The van der Waals surface area contributed by atoms with Gasteiger partial charge in [-0.25, -0.2) is 4.98 Å². The van der Waals surface area contributed by atoms with Gasteiger partial charge in [0.15, 0.2) is 4.96 Å². The van der Waals surface area contributed by atoms with Gasteiger partial charge in [-0.1, -0.05) is 18.2 Å². The molecule has 9 heteroatoms. The van der Waals surface area contributed by atoms with E-state index in [1.165, 1.54) is 22.6 Å². The molecule has 3 fully saturated rings. The second-order valence-corrected chi connectivity index (χ2v) is 13.6. The zero-order valence-electron chi connectivity index (χ0n) is 22.6. The van der Waals surface area contributed by atoms with Crippen molar-refractivity contribution in [3.8, 4) is 0 Å². The second-order valence-electron chi connectivity index (χ2n) is 12.4. The molecule has 4 atom stereocenters. The Morgan fingerprint density at radius 3 is 2.85 bits per heavy atom. The van der Waals surface area contributed by atoms with Crippen LogP contribution in [0.15, 0.2) is 42.7 Å². The lowest BCUT2D eigenvalue weighted by Gasteiger charge is -2.34. The highest BCUT2D eigenvalue weighted by Gasteiger charge is 2.63. The summed E-state index contributed by atoms with van der Waals surface area (Å²) in [5.74, 6) is 0.973. The maximum Gasteiger partial charge on any atom is 0.263 e. The summed E-state index contributed by atoms with van der Waals surface area (Å²) in [7, 11) is 0. The standard InChI is InChI=1S/C31H33N5O3S/c1-18-14-35-17-22(33-30(35)40-18)13-32-27(37)19-4-3-11-34(15-19)25-6-2-5-23-26(25)29(39)36(28(23)38)16-20-12-21-7-8-24(20)31(21)9-10-31/h2,5-8,14,17,19-21,24H,3-4,9-13,15-16H2,1H3,(H,32,37)/t19-,20+,21+,24+/m0/s1. The third kappa shape index (κ3) is 3.62. The van der Waals surface area contributed by atoms with Crippen LogP contribution in [0, 0.1) is 36.0 Å². The van der Waals surface area contributed by atoms with Crippen molar-refractivity contribution in [3.05, 3.63) is 64.4 Å². The number of amides is 3. The Morgan fingerprint density at radius 1 is 1.18 bits per heavy atom. The first-order valence-electron chi connectivity index (χ1n) is 14.6. The van der Waals surface area contributed by atoms with Crippen molar-refractivity contribution in [2.24, 2.45) is 29.1 Å². The molecule has 0 radical (unpaired) electrons. The zero-order chi connectivity index (χ0) is 27.2. The third-order valence-corrected chi connectivity index (χ3v) is 11.0. The van der Waals surface area contributed by atoms with Gasteiger partial charge >= 0.3 is 0 Å². The average Bonchev–Trinajstić information content (AvgIpc) is 3.10. The van der Waals surface area contributed by atoms with Crippen LogP contribution in [0.1, 0.15) is 63.4 Å². The van der Waals surface area contributed by atoms with Crippen LogP contribution in [0.2, 0.25) is 0 Å². The first-order chi connectivity index (χ1) is 19.4. The number of benzene rings is 1. The number of fused-ring (bicyclic) bond motifs is 2. The van der Waals surface area contributed by atoms with E-state index < -0.39 is 0 Å². The second kappa shape index (κ2) is 8.77. The molecule has 206 valence electrons. The predicted octanol–water partition coefficient (Wildman–Crippen LogP) is 4.44. The fourth-order valence-electron chi connectivity index (χ4n) is 8.09. The molecule has 3 aliphatic carbocycles. The maximum absolute atomic E-state index is 13.8. The molecule has 8 nitrogen and oxygen atoms in total. The van der Waals surface area contributed by atoms with Crippen molar-refractivity contribution in [2.75, 3.05) is 24.5 Å². The molecule has 1 spiro atoms. The molecule has 1 saturated heterocycles. The summed E-state index contributed by atoms with van der Waals surface area (Å²) in [6.45, 7) is 4.25. The molecule has 3 aromatic rings. The van der Waals surface area contributed by atoms with Crippen LogP contribution in [0.5, 0.6) is 0 Å². The largest absolute Gasteiger partial charge is 0.370 e. The van der Waals surface area contributed by atoms with Gasteiger partial charge in [0, 0.05) is 36.9 Å². The van der Waals surface area contributed by atoms with Crippen molar-refractivity contribution in [2.45, 2.75) is 45.6 Å². The number of allylic oxidation sites excluding steroid dienone is 2. The number of nitrogens with one attached hydrogen (secondary N) is 1. The number of hydrogen-bond donors (Lipinski definition) is 1. The van der Waals surface area contributed by atoms with Crippen molar-refractivity contribution < 1.29 is 14.4 Å². The van der Waals surface area contributed by atoms with Gasteiger partial charge in [-0.15, -0.1) is 11.3 Å². The third-order valence-electron chi connectivity index (χ3n) is 10.1. The van der Waals surface area contributed by atoms with Crippen molar-refractivity contribution in [3.63, 3.8) is 0 Å². The van der Waals surface area contributed by atoms with E-state index >= 15 is 0 Å². The number of piperidine rings is 1. The SMILES string of the molecule is Cc1cn2cc(CNC(=O)[C@H]3CCCN(c4cccc5c4C(=O)N(C[C@H]4C[C@H]6C=C[C@H]4C64CC4)C5=O)C3)nc2s1. The molecule has 5 aliphatic rings. The highest BCUT2D eigenvalue weighted by molar-refractivity contribution is 7.16. The molecule has 8 rings (SSSR count). The smallest absolute Gasteiger partial charge is 0.263 e. The molecular weight excluding hydrogens is 522 g/mol. The molecule has 1 N–H and O–H groups in total. The number of thiazole rings is 1. The Balaban J connectivity index is 0.963. The molecule has 2 aliphatic heterocycles. The van der Waals surface area contributed by atoms with E-state index in [9.17, 15) is 14.4 Å². The topological polar surface area (TPSA) is 87.0 Å². The van der Waals surface area contributed by atoms with Crippen molar-refractivity contribution >= 4 is 39.7 Å². The fraction of sp³-hybridized carbons (Fsp3) is 0.484. The van der Waals surface area contributed by atoms with Gasteiger partial charge in [0.1, 0.15) is 0 Å². The summed E-state index contributed by atoms with van der Waals surface area (Å²) in [5.41, 5.74) is 3.08. The highest BCUT2D eigenvalue weighted by Crippen LogP contribution is 2.70. The van der Waals surface area contributed by atoms with E-state index in [0.29, 0.717) is 53.9 Å². The number of carbonyl (C=O) groups excluding carboxylic acids is 3. The lowest BCUT2D eigenvalue weighted by Crippen LogP contribution is -2.43. The van der Waals surface area contributed by atoms with Gasteiger partial charge in [-0.05, 0) is 74.3 Å². The van der Waals surface area contributed by atoms with Crippen LogP contribution in [-0.4, -0.2) is 51.6 Å². The van der Waals surface area contributed by atoms with Crippen molar-refractivity contribution in [1.82, 2.24) is 19.6 Å². The van der Waals surface area contributed by atoms with Gasteiger partial charge in [-0.2, -0.15) is 0 Å². The van der Waals surface area contributed by atoms with Gasteiger partial charge < -0.3 is 10.2 Å². The monoisotopic (exact) mass is 555 g/mol. The Labute approximate surface area is 237 Å². The van der Waals surface area contributed by atoms with Crippen molar-refractivity contribution in [1.29, 1.82) is 0 Å². The van der Waals surface area contributed by atoms with Gasteiger partial charge in [0.25, 0.3) is 11.8 Å². The summed E-state index contributed by atoms with van der Waals surface area (Å²) in [5, 5.41) is 3.07. The Morgan fingerprint density at radius 2 is 2.05 bits per heavy atom. The number of hydrogen-bond acceptors (Lipinski definition) is 6. The summed E-state index contributed by atoms with van der Waals surface area (Å²) in [6, 6.07) is 5.60. The molecule has 3 amide bonds. The summed E-state index contributed by atoms with van der Waals surface area (Å²) in [4.78, 5) is 50.8. The first kappa shape index (κ1) is 24.3. The molecule has 1 aromatic carbocycles. The molecule has 40 heavy (non-hydrogen) atoms. The number of carbonyl (C=O) groups is 3. The minimum absolute atomic E-state index is 0.00665. The lowest BCUT2D eigenvalue weighted by molar-refractivity contribution is -0.125. The average molecular weight is 556 g/mol. The predicted molar refractivity (Wildman–Crippen MR) is 152 cm³/mol. The zero-order valence-corrected chi connectivity index (χ0v) is 23.5. The first-order valence-corrected chi connectivity index (χ1v) is 15.4. The van der Waals surface area contributed by atoms with Crippen LogP contribution in [-0.2, 0) is 11.3 Å². The number of imidazole rings is 1. The summed E-state index contributed by atoms with van der Waals surface area (Å²) in [6.07, 6.45) is 14.0. The molecule has 4 heterocycles. The minimum Gasteiger partial charge on any atom is -0.370 e. The molecular formula is C31H33N5O3S. The number of aromatic nitrogens is 2. The molecule has 0 unspecified atom stereocenters. The Kier molecular flexibility index (Phi) is 5.34. The van der Waals surface area contributed by atoms with Crippen LogP contribution >= 0.6 is 11.3 Å². The maximum atomic E-state index is 13.8. The van der Waals surface area contributed by atoms with Crippen LogP contribution in [0.3, 0.4) is 0 Å². The minimum atomic E-state index is -0.186. The number of rotatable bonds is 6. The molecule has 2 bridgehead atoms. The normalized spacial score (nSPS) is 27.8. The van der Waals surface area contributed by atoms with E-state index in [1.807, 2.05) is 28.9 Å². The Hall–Kier alpha value is -3.46. The quantitative estimate of drug-likeness (QED) is 0.359. The number of imide groups is 1. The highest BCUT2D eigenvalue weighted by atomic mass is 32.1. The van der Waals surface area contributed by atoms with Gasteiger partial charge in [0.05, 0.1) is 35.0 Å². The van der Waals surface area contributed by atoms with E-state index in [1.54, 1.807) is 17.4 Å². The van der Waals surface area contributed by atoms with Crippen LogP contribution < -0.4 is 10.2 Å². The summed E-state index contributed by atoms with van der Waals surface area (Å²) >= 11 is 1.63. The number of anilines is 1. The van der Waals surface area contributed by atoms with Gasteiger partial charge in [-0.3, -0.25) is 23.7 Å². The molecule has 2 aromatic heterocycles. The fourth-order valence-corrected chi connectivity index (χ4v) is 8.92. The van der Waals surface area contributed by atoms with Crippen LogP contribution in [0.4, 0.5) is 5.69 Å². The molecule has 2 saturated carbocycles.